The highest BCUT2D eigenvalue weighted by atomic mass is 79.9. The highest BCUT2D eigenvalue weighted by Gasteiger charge is 2.37. The maximum atomic E-state index is 13.1. The number of aromatic nitrogens is 1. The number of imide groups is 2. The lowest BCUT2D eigenvalue weighted by Crippen LogP contribution is -2.54. The fourth-order valence-electron chi connectivity index (χ4n) is 3.66. The number of hydrogen-bond acceptors (Lipinski definition) is 3. The van der Waals surface area contributed by atoms with Crippen molar-refractivity contribution >= 4 is 45.5 Å². The van der Waals surface area contributed by atoms with Gasteiger partial charge in [-0.05, 0) is 74.9 Å². The number of benzene rings is 2. The smallest absolute Gasteiger partial charge is 0.318 e. The van der Waals surface area contributed by atoms with Gasteiger partial charge in [-0.2, -0.15) is 0 Å². The number of urea groups is 1. The number of anilines is 1. The molecule has 1 N–H and O–H groups in total. The van der Waals surface area contributed by atoms with Crippen molar-refractivity contribution in [3.63, 3.8) is 0 Å². The molecule has 1 aliphatic heterocycles. The number of carbonyl (C=O) groups is 3. The van der Waals surface area contributed by atoms with Crippen LogP contribution in [0.5, 0.6) is 0 Å². The van der Waals surface area contributed by atoms with E-state index < -0.39 is 17.8 Å². The third-order valence-electron chi connectivity index (χ3n) is 5.25. The molecule has 0 atom stereocenters. The van der Waals surface area contributed by atoms with E-state index in [4.69, 9.17) is 0 Å². The van der Waals surface area contributed by atoms with Gasteiger partial charge in [-0.15, -0.1) is 0 Å². The van der Waals surface area contributed by atoms with Crippen LogP contribution in [0.3, 0.4) is 0 Å². The Kier molecular flexibility index (Phi) is 5.37. The first-order valence-electron chi connectivity index (χ1n) is 9.69. The third-order valence-corrected chi connectivity index (χ3v) is 5.78. The molecule has 31 heavy (non-hydrogen) atoms. The van der Waals surface area contributed by atoms with Crippen LogP contribution in [-0.2, 0) is 9.59 Å². The van der Waals surface area contributed by atoms with Gasteiger partial charge in [0.2, 0.25) is 0 Å². The van der Waals surface area contributed by atoms with Gasteiger partial charge < -0.3 is 4.57 Å². The van der Waals surface area contributed by atoms with Gasteiger partial charge in [0, 0.05) is 21.5 Å². The number of nitrogens with zero attached hydrogens (tertiary/aromatic N) is 2. The molecule has 4 amide bonds. The number of rotatable bonds is 3. The highest BCUT2D eigenvalue weighted by molar-refractivity contribution is 9.10. The summed E-state index contributed by atoms with van der Waals surface area (Å²) in [5.41, 5.74) is 5.05. The molecule has 0 unspecified atom stereocenters. The Labute approximate surface area is 188 Å². The van der Waals surface area contributed by atoms with E-state index in [0.717, 1.165) is 37.6 Å². The second kappa shape index (κ2) is 8.00. The first-order chi connectivity index (χ1) is 14.8. The highest BCUT2D eigenvalue weighted by Crippen LogP contribution is 2.26. The lowest BCUT2D eigenvalue weighted by molar-refractivity contribution is -0.122. The SMILES string of the molecule is Cc1ccc(-n2c(C)cc(C=C3C(=O)NC(=O)N(c4ccc(Br)cc4)C3=O)c2C)cc1. The number of nitrogens with one attached hydrogen (secondary N) is 1. The lowest BCUT2D eigenvalue weighted by Gasteiger charge is -2.26. The zero-order valence-corrected chi connectivity index (χ0v) is 18.9. The average Bonchev–Trinajstić information content (AvgIpc) is 3.00. The van der Waals surface area contributed by atoms with Crippen LogP contribution in [0.25, 0.3) is 11.8 Å². The summed E-state index contributed by atoms with van der Waals surface area (Å²) in [6, 6.07) is 16.0. The number of carbonyl (C=O) groups excluding carboxylic acids is 3. The van der Waals surface area contributed by atoms with Crippen molar-refractivity contribution in [1.29, 1.82) is 0 Å². The number of aryl methyl sites for hydroxylation is 2. The predicted molar refractivity (Wildman–Crippen MR) is 123 cm³/mol. The van der Waals surface area contributed by atoms with Gasteiger partial charge >= 0.3 is 6.03 Å². The van der Waals surface area contributed by atoms with E-state index in [-0.39, 0.29) is 5.57 Å². The molecule has 156 valence electrons. The second-order valence-corrected chi connectivity index (χ2v) is 8.35. The van der Waals surface area contributed by atoms with Crippen LogP contribution >= 0.6 is 15.9 Å². The molecule has 7 heteroatoms. The van der Waals surface area contributed by atoms with Gasteiger partial charge in [0.25, 0.3) is 11.8 Å². The summed E-state index contributed by atoms with van der Waals surface area (Å²) in [7, 11) is 0. The minimum atomic E-state index is -0.764. The minimum Gasteiger partial charge on any atom is -0.318 e. The summed E-state index contributed by atoms with van der Waals surface area (Å²) in [5, 5.41) is 2.26. The van der Waals surface area contributed by atoms with E-state index in [1.165, 1.54) is 0 Å². The molecule has 1 fully saturated rings. The molecule has 2 heterocycles. The van der Waals surface area contributed by atoms with E-state index in [9.17, 15) is 14.4 Å². The van der Waals surface area contributed by atoms with Crippen molar-refractivity contribution < 1.29 is 14.4 Å². The summed E-state index contributed by atoms with van der Waals surface area (Å²) >= 11 is 3.33. The van der Waals surface area contributed by atoms with Gasteiger partial charge in [0.05, 0.1) is 5.69 Å². The molecule has 4 rings (SSSR count). The third kappa shape index (κ3) is 3.84. The molecule has 6 nitrogen and oxygen atoms in total. The number of amides is 4. The average molecular weight is 478 g/mol. The first kappa shape index (κ1) is 20.8. The van der Waals surface area contributed by atoms with Gasteiger partial charge in [-0.25, -0.2) is 9.69 Å². The van der Waals surface area contributed by atoms with Crippen molar-refractivity contribution in [1.82, 2.24) is 9.88 Å². The first-order valence-corrected chi connectivity index (χ1v) is 10.5. The maximum Gasteiger partial charge on any atom is 0.335 e. The van der Waals surface area contributed by atoms with E-state index in [0.29, 0.717) is 5.69 Å². The van der Waals surface area contributed by atoms with E-state index in [1.807, 2.05) is 51.1 Å². The van der Waals surface area contributed by atoms with Crippen molar-refractivity contribution in [3.05, 3.63) is 87.2 Å². The van der Waals surface area contributed by atoms with Crippen LogP contribution in [0, 0.1) is 20.8 Å². The minimum absolute atomic E-state index is 0.0910. The Morgan fingerprint density at radius 2 is 1.48 bits per heavy atom. The molecule has 3 aromatic rings. The molecule has 1 saturated heterocycles. The van der Waals surface area contributed by atoms with Gasteiger partial charge in [0.1, 0.15) is 5.57 Å². The van der Waals surface area contributed by atoms with E-state index in [1.54, 1.807) is 30.3 Å². The summed E-state index contributed by atoms with van der Waals surface area (Å²) in [5.74, 6) is -1.36. The van der Waals surface area contributed by atoms with Gasteiger partial charge in [-0.1, -0.05) is 33.6 Å². The Balaban J connectivity index is 1.75. The number of hydrogen-bond donors (Lipinski definition) is 1. The molecule has 0 bridgehead atoms. The van der Waals surface area contributed by atoms with E-state index >= 15 is 0 Å². The molecule has 1 aliphatic rings. The number of halogens is 1. The van der Waals surface area contributed by atoms with Crippen molar-refractivity contribution in [2.45, 2.75) is 20.8 Å². The molecular formula is C24H20BrN3O3. The van der Waals surface area contributed by atoms with Gasteiger partial charge in [0.15, 0.2) is 0 Å². The van der Waals surface area contributed by atoms with Crippen molar-refractivity contribution in [2.24, 2.45) is 0 Å². The molecule has 1 aromatic heterocycles. The quantitative estimate of drug-likeness (QED) is 0.433. The monoisotopic (exact) mass is 477 g/mol. The summed E-state index contributed by atoms with van der Waals surface area (Å²) in [6.07, 6.45) is 1.54. The zero-order chi connectivity index (χ0) is 22.3. The summed E-state index contributed by atoms with van der Waals surface area (Å²) < 4.78 is 2.88. The van der Waals surface area contributed by atoms with Crippen LogP contribution in [0.4, 0.5) is 10.5 Å². The predicted octanol–water partition coefficient (Wildman–Crippen LogP) is 4.83. The topological polar surface area (TPSA) is 71.4 Å². The molecule has 0 saturated carbocycles. The molecule has 0 aliphatic carbocycles. The van der Waals surface area contributed by atoms with Crippen LogP contribution in [0.1, 0.15) is 22.5 Å². The molecule has 0 radical (unpaired) electrons. The molecule has 2 aromatic carbocycles. The molecular weight excluding hydrogens is 458 g/mol. The Bertz CT molecular complexity index is 1240. The summed E-state index contributed by atoms with van der Waals surface area (Å²) in [4.78, 5) is 38.9. The maximum absolute atomic E-state index is 13.1. The number of barbiturate groups is 1. The normalized spacial score (nSPS) is 15.5. The van der Waals surface area contributed by atoms with Gasteiger partial charge in [-0.3, -0.25) is 14.9 Å². The molecule has 0 spiro atoms. The zero-order valence-electron chi connectivity index (χ0n) is 17.3. The second-order valence-electron chi connectivity index (χ2n) is 7.43. The largest absolute Gasteiger partial charge is 0.335 e. The Morgan fingerprint density at radius 1 is 0.871 bits per heavy atom. The van der Waals surface area contributed by atoms with Crippen LogP contribution in [0.15, 0.2) is 64.6 Å². The van der Waals surface area contributed by atoms with Crippen LogP contribution in [0.2, 0.25) is 0 Å². The standard InChI is InChI=1S/C24H20BrN3O3/c1-14-4-8-19(9-5-14)27-15(2)12-17(16(27)3)13-21-22(29)26-24(31)28(23(21)30)20-10-6-18(25)7-11-20/h4-13H,1-3H3,(H,26,29,31). The van der Waals surface area contributed by atoms with Crippen molar-refractivity contribution in [2.75, 3.05) is 4.90 Å². The Morgan fingerprint density at radius 3 is 2.13 bits per heavy atom. The lowest BCUT2D eigenvalue weighted by atomic mass is 10.1. The Hall–Kier alpha value is -3.45. The summed E-state index contributed by atoms with van der Waals surface area (Å²) in [6.45, 7) is 5.93. The van der Waals surface area contributed by atoms with E-state index in [2.05, 4.69) is 25.8 Å². The fourth-order valence-corrected chi connectivity index (χ4v) is 3.93. The van der Waals surface area contributed by atoms with Crippen LogP contribution in [-0.4, -0.2) is 22.4 Å². The van der Waals surface area contributed by atoms with Crippen LogP contribution < -0.4 is 10.2 Å². The van der Waals surface area contributed by atoms with Crippen molar-refractivity contribution in [3.8, 4) is 5.69 Å². The fraction of sp³-hybridized carbons (Fsp3) is 0.125.